The Morgan fingerprint density at radius 2 is 2.00 bits per heavy atom. The van der Waals surface area contributed by atoms with Gasteiger partial charge in [-0.1, -0.05) is 31.0 Å². The van der Waals surface area contributed by atoms with E-state index in [4.69, 9.17) is 4.74 Å². The van der Waals surface area contributed by atoms with Crippen molar-refractivity contribution in [2.45, 2.75) is 56.4 Å². The number of ether oxygens (including phenoxy) is 1. The zero-order valence-electron chi connectivity index (χ0n) is 17.7. The maximum Gasteiger partial charge on any atom is 0.225 e. The lowest BCUT2D eigenvalue weighted by Gasteiger charge is -2.23. The summed E-state index contributed by atoms with van der Waals surface area (Å²) >= 11 is 0. The summed E-state index contributed by atoms with van der Waals surface area (Å²) in [5, 5.41) is 7.06. The van der Waals surface area contributed by atoms with Crippen LogP contribution in [0.3, 0.4) is 0 Å². The van der Waals surface area contributed by atoms with E-state index in [1.54, 1.807) is 7.11 Å². The minimum Gasteiger partial charge on any atom is -0.496 e. The number of benzene rings is 1. The van der Waals surface area contributed by atoms with Crippen molar-refractivity contribution in [1.29, 1.82) is 0 Å². The minimum absolute atomic E-state index is 0.129. The fraction of sp³-hybridized carbons (Fsp3) is 0.652. The summed E-state index contributed by atoms with van der Waals surface area (Å²) in [6, 6.07) is 8.59. The zero-order valence-corrected chi connectivity index (χ0v) is 17.7. The van der Waals surface area contributed by atoms with Crippen molar-refractivity contribution in [3.8, 4) is 5.75 Å². The molecule has 1 heterocycles. The van der Waals surface area contributed by atoms with Gasteiger partial charge in [-0.05, 0) is 38.2 Å². The highest BCUT2D eigenvalue weighted by molar-refractivity contribution is 5.81. The number of carbonyl (C=O) groups is 1. The Hall–Kier alpha value is -2.24. The van der Waals surface area contributed by atoms with Crippen LogP contribution in [0.25, 0.3) is 0 Å². The van der Waals surface area contributed by atoms with Crippen molar-refractivity contribution < 1.29 is 9.53 Å². The van der Waals surface area contributed by atoms with Crippen molar-refractivity contribution in [3.05, 3.63) is 29.8 Å². The van der Waals surface area contributed by atoms with Crippen molar-refractivity contribution in [1.82, 2.24) is 15.5 Å². The first kappa shape index (κ1) is 20.0. The maximum atomic E-state index is 12.7. The second-order valence-electron chi connectivity index (χ2n) is 8.80. The molecule has 1 amide bonds. The van der Waals surface area contributed by atoms with Gasteiger partial charge in [0.2, 0.25) is 5.91 Å². The first-order chi connectivity index (χ1) is 14.1. The number of aliphatic imine (C=N–C) groups is 1. The van der Waals surface area contributed by atoms with Gasteiger partial charge < -0.3 is 20.3 Å². The largest absolute Gasteiger partial charge is 0.496 e. The number of rotatable bonds is 6. The summed E-state index contributed by atoms with van der Waals surface area (Å²) in [6.45, 7) is 2.48. The molecule has 2 saturated carbocycles. The van der Waals surface area contributed by atoms with Gasteiger partial charge in [0.05, 0.1) is 7.11 Å². The van der Waals surface area contributed by atoms with Crippen LogP contribution >= 0.6 is 0 Å². The second-order valence-corrected chi connectivity index (χ2v) is 8.80. The number of nitrogens with zero attached hydrogens (tertiary/aromatic N) is 2. The molecule has 3 fully saturated rings. The zero-order chi connectivity index (χ0) is 20.3. The number of hydrogen-bond donors (Lipinski definition) is 2. The quantitative estimate of drug-likeness (QED) is 0.571. The fourth-order valence-electron chi connectivity index (χ4n) is 4.93. The minimum atomic E-state index is 0.129. The van der Waals surface area contributed by atoms with E-state index >= 15 is 0 Å². The SMILES string of the molecule is CN=C(NCC1(c2ccccc2OC)CC1)NC1CCN(C(=O)C2CCCC2)C1. The summed E-state index contributed by atoms with van der Waals surface area (Å²) in [5.74, 6) is 2.42. The van der Waals surface area contributed by atoms with Gasteiger partial charge in [-0.25, -0.2) is 0 Å². The predicted molar refractivity (Wildman–Crippen MR) is 115 cm³/mol. The van der Waals surface area contributed by atoms with Gasteiger partial charge in [0.1, 0.15) is 5.75 Å². The molecule has 0 aromatic heterocycles. The number of amides is 1. The first-order valence-corrected chi connectivity index (χ1v) is 11.0. The summed E-state index contributed by atoms with van der Waals surface area (Å²) in [4.78, 5) is 19.2. The number of para-hydroxylation sites is 1. The van der Waals surface area contributed by atoms with Crippen LogP contribution in [-0.4, -0.2) is 56.6 Å². The molecule has 1 atom stereocenters. The van der Waals surface area contributed by atoms with E-state index in [1.807, 2.05) is 19.2 Å². The van der Waals surface area contributed by atoms with E-state index in [0.29, 0.717) is 5.91 Å². The summed E-state index contributed by atoms with van der Waals surface area (Å²) in [6.07, 6.45) is 7.85. The monoisotopic (exact) mass is 398 g/mol. The molecule has 6 heteroatoms. The Balaban J connectivity index is 1.30. The number of likely N-dealkylation sites (tertiary alicyclic amines) is 1. The molecule has 2 N–H and O–H groups in total. The van der Waals surface area contributed by atoms with Crippen LogP contribution in [0.15, 0.2) is 29.3 Å². The van der Waals surface area contributed by atoms with Gasteiger partial charge in [-0.3, -0.25) is 9.79 Å². The molecule has 1 aromatic carbocycles. The lowest BCUT2D eigenvalue weighted by atomic mass is 9.95. The molecule has 1 unspecified atom stereocenters. The Labute approximate surface area is 174 Å². The van der Waals surface area contributed by atoms with Crippen LogP contribution in [0.5, 0.6) is 5.75 Å². The highest BCUT2D eigenvalue weighted by atomic mass is 16.5. The molecule has 3 aliphatic rings. The lowest BCUT2D eigenvalue weighted by molar-refractivity contribution is -0.134. The third kappa shape index (κ3) is 4.36. The first-order valence-electron chi connectivity index (χ1n) is 11.0. The van der Waals surface area contributed by atoms with E-state index in [1.165, 1.54) is 18.4 Å². The molecule has 0 bridgehead atoms. The molecular weight excluding hydrogens is 364 g/mol. The smallest absolute Gasteiger partial charge is 0.225 e. The van der Waals surface area contributed by atoms with Crippen LogP contribution in [0, 0.1) is 5.92 Å². The Morgan fingerprint density at radius 1 is 1.24 bits per heavy atom. The highest BCUT2D eigenvalue weighted by Gasteiger charge is 2.46. The third-order valence-corrected chi connectivity index (χ3v) is 6.89. The standard InChI is InChI=1S/C23H34N4O2/c1-24-22(25-16-23(12-13-23)19-9-5-6-10-20(19)29-2)26-18-11-14-27(15-18)21(28)17-7-3-4-8-17/h5-6,9-10,17-18H,3-4,7-8,11-16H2,1-2H3,(H2,24,25,26). The van der Waals surface area contributed by atoms with Gasteiger partial charge in [0.15, 0.2) is 5.96 Å². The molecule has 2 aliphatic carbocycles. The van der Waals surface area contributed by atoms with Gasteiger partial charge in [0.25, 0.3) is 0 Å². The molecular formula is C23H34N4O2. The lowest BCUT2D eigenvalue weighted by Crippen LogP contribution is -2.47. The average Bonchev–Trinajstić information content (AvgIpc) is 3.14. The van der Waals surface area contributed by atoms with E-state index in [-0.39, 0.29) is 17.4 Å². The Kier molecular flexibility index (Phi) is 5.97. The van der Waals surface area contributed by atoms with E-state index < -0.39 is 0 Å². The summed E-state index contributed by atoms with van der Waals surface area (Å²) in [7, 11) is 3.55. The Morgan fingerprint density at radius 3 is 2.69 bits per heavy atom. The van der Waals surface area contributed by atoms with Crippen LogP contribution in [-0.2, 0) is 10.2 Å². The van der Waals surface area contributed by atoms with Crippen LogP contribution < -0.4 is 15.4 Å². The van der Waals surface area contributed by atoms with E-state index in [9.17, 15) is 4.79 Å². The number of nitrogens with one attached hydrogen (secondary N) is 2. The van der Waals surface area contributed by atoms with Crippen molar-refractivity contribution in [3.63, 3.8) is 0 Å². The maximum absolute atomic E-state index is 12.7. The van der Waals surface area contributed by atoms with Crippen molar-refractivity contribution in [2.24, 2.45) is 10.9 Å². The summed E-state index contributed by atoms with van der Waals surface area (Å²) in [5.41, 5.74) is 1.41. The number of hydrogen-bond acceptors (Lipinski definition) is 3. The number of guanidine groups is 1. The van der Waals surface area contributed by atoms with E-state index in [2.05, 4.69) is 32.7 Å². The predicted octanol–water partition coefficient (Wildman–Crippen LogP) is 2.68. The van der Waals surface area contributed by atoms with Gasteiger partial charge in [-0.2, -0.15) is 0 Å². The molecule has 158 valence electrons. The summed E-state index contributed by atoms with van der Waals surface area (Å²) < 4.78 is 5.58. The van der Waals surface area contributed by atoms with Gasteiger partial charge in [-0.15, -0.1) is 0 Å². The van der Waals surface area contributed by atoms with Crippen LogP contribution in [0.1, 0.15) is 50.5 Å². The molecule has 0 spiro atoms. The van der Waals surface area contributed by atoms with Crippen molar-refractivity contribution >= 4 is 11.9 Å². The van der Waals surface area contributed by atoms with Crippen molar-refractivity contribution in [2.75, 3.05) is 33.8 Å². The highest BCUT2D eigenvalue weighted by Crippen LogP contribution is 2.50. The Bertz CT molecular complexity index is 753. The fourth-order valence-corrected chi connectivity index (χ4v) is 4.93. The number of methoxy groups -OCH3 is 1. The van der Waals surface area contributed by atoms with Gasteiger partial charge >= 0.3 is 0 Å². The van der Waals surface area contributed by atoms with Gasteiger partial charge in [0, 0.05) is 49.6 Å². The van der Waals surface area contributed by atoms with Crippen LogP contribution in [0.2, 0.25) is 0 Å². The molecule has 29 heavy (non-hydrogen) atoms. The molecule has 1 aromatic rings. The molecule has 0 radical (unpaired) electrons. The van der Waals surface area contributed by atoms with E-state index in [0.717, 1.165) is 63.4 Å². The van der Waals surface area contributed by atoms with Crippen LogP contribution in [0.4, 0.5) is 0 Å². The molecule has 1 saturated heterocycles. The molecule has 4 rings (SSSR count). The topological polar surface area (TPSA) is 66.0 Å². The third-order valence-electron chi connectivity index (χ3n) is 6.89. The average molecular weight is 399 g/mol. The second kappa shape index (κ2) is 8.64. The molecule has 6 nitrogen and oxygen atoms in total. The normalized spacial score (nSPS) is 23.9. The molecule has 1 aliphatic heterocycles. The number of carbonyl (C=O) groups excluding carboxylic acids is 1.